The average molecular weight is 515 g/mol. The molecule has 7 nitrogen and oxygen atoms in total. The van der Waals surface area contributed by atoms with Crippen LogP contribution in [0.2, 0.25) is 0 Å². The maximum absolute atomic E-state index is 13.5. The van der Waals surface area contributed by atoms with Gasteiger partial charge in [-0.3, -0.25) is 9.10 Å². The Hall–Kier alpha value is -3.17. The highest BCUT2D eigenvalue weighted by molar-refractivity contribution is 7.98. The summed E-state index contributed by atoms with van der Waals surface area (Å²) in [4.78, 5) is 12.9. The van der Waals surface area contributed by atoms with Gasteiger partial charge in [0.25, 0.3) is 10.0 Å². The Morgan fingerprint density at radius 3 is 2.37 bits per heavy atom. The van der Waals surface area contributed by atoms with Gasteiger partial charge in [0, 0.05) is 24.1 Å². The van der Waals surface area contributed by atoms with E-state index in [1.54, 1.807) is 48.2 Å². The fraction of sp³-hybridized carbons (Fsp3) is 0.269. The number of anilines is 1. The van der Waals surface area contributed by atoms with Crippen LogP contribution in [0.25, 0.3) is 0 Å². The molecule has 186 valence electrons. The van der Waals surface area contributed by atoms with E-state index in [1.165, 1.54) is 37.5 Å². The maximum Gasteiger partial charge on any atom is 0.264 e. The van der Waals surface area contributed by atoms with Crippen molar-refractivity contribution in [2.24, 2.45) is 0 Å². The third-order valence-electron chi connectivity index (χ3n) is 5.36. The molecule has 1 amide bonds. The van der Waals surface area contributed by atoms with Crippen molar-refractivity contribution in [1.82, 2.24) is 5.32 Å². The molecule has 35 heavy (non-hydrogen) atoms. The van der Waals surface area contributed by atoms with Crippen molar-refractivity contribution in [3.8, 4) is 11.5 Å². The number of thioether (sulfide) groups is 1. The van der Waals surface area contributed by atoms with Gasteiger partial charge >= 0.3 is 0 Å². The van der Waals surface area contributed by atoms with Gasteiger partial charge in [-0.25, -0.2) is 8.42 Å². The number of nitrogens with zero attached hydrogens (tertiary/aromatic N) is 1. The van der Waals surface area contributed by atoms with Crippen LogP contribution in [0.3, 0.4) is 0 Å². The number of rotatable bonds is 12. The lowest BCUT2D eigenvalue weighted by Gasteiger charge is -2.26. The number of benzene rings is 3. The van der Waals surface area contributed by atoms with Gasteiger partial charge in [0.1, 0.15) is 18.0 Å². The van der Waals surface area contributed by atoms with Gasteiger partial charge < -0.3 is 14.8 Å². The zero-order chi connectivity index (χ0) is 25.3. The Morgan fingerprint density at radius 2 is 1.69 bits per heavy atom. The van der Waals surface area contributed by atoms with E-state index >= 15 is 0 Å². The van der Waals surface area contributed by atoms with Crippen molar-refractivity contribution in [1.29, 1.82) is 0 Å². The summed E-state index contributed by atoms with van der Waals surface area (Å²) in [6.07, 6.45) is 0. The number of hydrogen-bond donors (Lipinski definition) is 1. The maximum atomic E-state index is 13.5. The molecule has 0 bridgehead atoms. The normalized spacial score (nSPS) is 11.1. The number of amides is 1. The third-order valence-corrected chi connectivity index (χ3v) is 8.14. The van der Waals surface area contributed by atoms with Crippen LogP contribution in [-0.2, 0) is 20.6 Å². The van der Waals surface area contributed by atoms with Gasteiger partial charge in [0.2, 0.25) is 5.91 Å². The van der Waals surface area contributed by atoms with Crippen molar-refractivity contribution in [2.75, 3.05) is 37.4 Å². The topological polar surface area (TPSA) is 84.9 Å². The van der Waals surface area contributed by atoms with Gasteiger partial charge in [0.15, 0.2) is 0 Å². The predicted molar refractivity (Wildman–Crippen MR) is 141 cm³/mol. The molecule has 0 heterocycles. The molecule has 0 atom stereocenters. The zero-order valence-corrected chi connectivity index (χ0v) is 21.7. The number of ether oxygens (including phenoxy) is 2. The Labute approximate surface area is 211 Å². The molecule has 3 rings (SSSR count). The fourth-order valence-electron chi connectivity index (χ4n) is 3.41. The summed E-state index contributed by atoms with van der Waals surface area (Å²) in [5.41, 5.74) is 2.75. The second kappa shape index (κ2) is 12.5. The Balaban J connectivity index is 1.72. The van der Waals surface area contributed by atoms with Gasteiger partial charge in [-0.05, 0) is 42.3 Å². The number of hydrogen-bond acceptors (Lipinski definition) is 6. The predicted octanol–water partition coefficient (Wildman–Crippen LogP) is 4.26. The van der Waals surface area contributed by atoms with Crippen LogP contribution in [0.1, 0.15) is 11.1 Å². The van der Waals surface area contributed by atoms with Gasteiger partial charge in [-0.15, -0.1) is 0 Å². The van der Waals surface area contributed by atoms with Crippen LogP contribution in [0.5, 0.6) is 11.5 Å². The van der Waals surface area contributed by atoms with Crippen LogP contribution < -0.4 is 19.1 Å². The smallest absolute Gasteiger partial charge is 0.264 e. The fourth-order valence-corrected chi connectivity index (χ4v) is 5.80. The largest absolute Gasteiger partial charge is 0.497 e. The number of carbonyl (C=O) groups excluding carboxylic acids is 1. The van der Waals surface area contributed by atoms with Crippen LogP contribution in [0.15, 0.2) is 77.7 Å². The summed E-state index contributed by atoms with van der Waals surface area (Å²) in [6.45, 7) is 2.11. The summed E-state index contributed by atoms with van der Waals surface area (Å²) >= 11 is 1.71. The van der Waals surface area contributed by atoms with Crippen molar-refractivity contribution in [2.45, 2.75) is 17.6 Å². The molecule has 0 aliphatic heterocycles. The molecule has 0 unspecified atom stereocenters. The first kappa shape index (κ1) is 26.4. The highest BCUT2D eigenvalue weighted by atomic mass is 32.2. The lowest BCUT2D eigenvalue weighted by molar-refractivity contribution is -0.119. The third kappa shape index (κ3) is 6.93. The highest BCUT2D eigenvalue weighted by Gasteiger charge is 2.29. The molecule has 0 radical (unpaired) electrons. The summed E-state index contributed by atoms with van der Waals surface area (Å²) in [5.74, 6) is 1.94. The molecule has 3 aromatic rings. The first-order chi connectivity index (χ1) is 16.9. The second-order valence-electron chi connectivity index (χ2n) is 7.69. The number of nitrogens with one attached hydrogen (secondary N) is 1. The minimum atomic E-state index is -4.03. The minimum Gasteiger partial charge on any atom is -0.497 e. The molecule has 0 fully saturated rings. The molecule has 0 aliphatic carbocycles. The highest BCUT2D eigenvalue weighted by Crippen LogP contribution is 2.35. The Kier molecular flexibility index (Phi) is 9.45. The zero-order valence-electron chi connectivity index (χ0n) is 20.1. The molecule has 9 heteroatoms. The van der Waals surface area contributed by atoms with E-state index in [0.717, 1.165) is 10.1 Å². The van der Waals surface area contributed by atoms with E-state index in [1.807, 2.05) is 12.1 Å². The molecule has 0 saturated heterocycles. The van der Waals surface area contributed by atoms with Crippen molar-refractivity contribution in [3.05, 3.63) is 83.9 Å². The molecule has 0 saturated carbocycles. The summed E-state index contributed by atoms with van der Waals surface area (Å²) in [5, 5.41) is 2.84. The van der Waals surface area contributed by atoms with E-state index in [4.69, 9.17) is 9.47 Å². The average Bonchev–Trinajstić information content (AvgIpc) is 2.88. The number of aryl methyl sites for hydroxylation is 1. The van der Waals surface area contributed by atoms with Crippen molar-refractivity contribution in [3.63, 3.8) is 0 Å². The summed E-state index contributed by atoms with van der Waals surface area (Å²) in [6, 6.07) is 21.0. The van der Waals surface area contributed by atoms with Gasteiger partial charge in [0.05, 0.1) is 24.8 Å². The molecular weight excluding hydrogens is 484 g/mol. The van der Waals surface area contributed by atoms with Gasteiger partial charge in [-0.1, -0.05) is 42.5 Å². The Morgan fingerprint density at radius 1 is 0.971 bits per heavy atom. The summed E-state index contributed by atoms with van der Waals surface area (Å²) < 4.78 is 38.7. The minimum absolute atomic E-state index is 0.0828. The summed E-state index contributed by atoms with van der Waals surface area (Å²) in [7, 11) is -1.08. The molecular formula is C26H30N2O5S2. The first-order valence-electron chi connectivity index (χ1n) is 11.1. The van der Waals surface area contributed by atoms with E-state index in [-0.39, 0.29) is 22.9 Å². The standard InChI is InChI=1S/C26H30N2O5S2/c1-20-9-7-8-10-21(20)19-34-16-15-27-26(29)18-28(35(30,31)23-11-5-4-6-12-23)24-14-13-22(32-2)17-25(24)33-3/h4-14,17H,15-16,18-19H2,1-3H3,(H,27,29). The van der Waals surface area contributed by atoms with Crippen molar-refractivity contribution < 1.29 is 22.7 Å². The lowest BCUT2D eigenvalue weighted by Crippen LogP contribution is -2.41. The van der Waals surface area contributed by atoms with Crippen LogP contribution >= 0.6 is 11.8 Å². The number of sulfonamides is 1. The van der Waals surface area contributed by atoms with E-state index in [0.29, 0.717) is 18.0 Å². The molecule has 0 aromatic heterocycles. The van der Waals surface area contributed by atoms with Crippen LogP contribution in [0.4, 0.5) is 5.69 Å². The molecule has 3 aromatic carbocycles. The Bertz CT molecular complexity index is 1230. The molecule has 1 N–H and O–H groups in total. The van der Waals surface area contributed by atoms with Crippen LogP contribution in [-0.4, -0.2) is 47.4 Å². The van der Waals surface area contributed by atoms with E-state index in [2.05, 4.69) is 24.4 Å². The number of methoxy groups -OCH3 is 2. The van der Waals surface area contributed by atoms with E-state index in [9.17, 15) is 13.2 Å². The molecule has 0 spiro atoms. The monoisotopic (exact) mass is 514 g/mol. The van der Waals surface area contributed by atoms with Gasteiger partial charge in [-0.2, -0.15) is 11.8 Å². The lowest BCUT2D eigenvalue weighted by atomic mass is 10.1. The van der Waals surface area contributed by atoms with Crippen molar-refractivity contribution >= 4 is 33.4 Å². The first-order valence-corrected chi connectivity index (χ1v) is 13.6. The number of carbonyl (C=O) groups is 1. The van der Waals surface area contributed by atoms with E-state index < -0.39 is 15.9 Å². The quantitative estimate of drug-likeness (QED) is 0.364. The molecule has 0 aliphatic rings. The van der Waals surface area contributed by atoms with Crippen LogP contribution in [0, 0.1) is 6.92 Å². The second-order valence-corrected chi connectivity index (χ2v) is 10.7. The SMILES string of the molecule is COc1ccc(N(CC(=O)NCCSCc2ccccc2C)S(=O)(=O)c2ccccc2)c(OC)c1.